The van der Waals surface area contributed by atoms with Gasteiger partial charge in [0.1, 0.15) is 0 Å². The van der Waals surface area contributed by atoms with Crippen molar-refractivity contribution in [3.8, 4) is 0 Å². The van der Waals surface area contributed by atoms with E-state index in [1.807, 2.05) is 36.4 Å². The first-order valence-corrected chi connectivity index (χ1v) is 9.26. The third-order valence-corrected chi connectivity index (χ3v) is 4.43. The lowest BCUT2D eigenvalue weighted by Gasteiger charge is -2.23. The number of carbonyl (C=O) groups is 2. The molecule has 0 saturated carbocycles. The lowest BCUT2D eigenvalue weighted by atomic mass is 9.86. The summed E-state index contributed by atoms with van der Waals surface area (Å²) in [6, 6.07) is 15.2. The van der Waals surface area contributed by atoms with Crippen LogP contribution in [-0.2, 0) is 15.6 Å². The first kappa shape index (κ1) is 20.7. The van der Waals surface area contributed by atoms with Crippen LogP contribution in [0.1, 0.15) is 63.0 Å². The quantitative estimate of drug-likeness (QED) is 0.827. The SMILES string of the molecule is CC(C)(C)c1ccc(C(=O)NCC(=O)Nc2ccccc2C(C)(C)C)cc1. The second-order valence-corrected chi connectivity index (χ2v) is 8.85. The number of nitrogens with one attached hydrogen (secondary N) is 2. The van der Waals surface area contributed by atoms with Crippen LogP contribution in [0.3, 0.4) is 0 Å². The highest BCUT2D eigenvalue weighted by Gasteiger charge is 2.19. The van der Waals surface area contributed by atoms with Gasteiger partial charge in [0.05, 0.1) is 6.54 Å². The molecule has 4 nitrogen and oxygen atoms in total. The molecule has 0 aromatic heterocycles. The molecule has 0 saturated heterocycles. The summed E-state index contributed by atoms with van der Waals surface area (Å²) in [5.74, 6) is -0.499. The Morgan fingerprint density at radius 2 is 1.41 bits per heavy atom. The van der Waals surface area contributed by atoms with Crippen LogP contribution in [0.2, 0.25) is 0 Å². The van der Waals surface area contributed by atoms with E-state index in [2.05, 4.69) is 52.2 Å². The van der Waals surface area contributed by atoms with E-state index in [9.17, 15) is 9.59 Å². The van der Waals surface area contributed by atoms with Gasteiger partial charge in [-0.3, -0.25) is 9.59 Å². The Labute approximate surface area is 162 Å². The predicted octanol–water partition coefficient (Wildman–Crippen LogP) is 4.65. The second-order valence-electron chi connectivity index (χ2n) is 8.85. The van der Waals surface area contributed by atoms with Gasteiger partial charge in [-0.15, -0.1) is 0 Å². The normalized spacial score (nSPS) is 11.8. The van der Waals surface area contributed by atoms with Crippen molar-refractivity contribution in [2.75, 3.05) is 11.9 Å². The zero-order valence-corrected chi connectivity index (χ0v) is 17.1. The number of benzene rings is 2. The third-order valence-electron chi connectivity index (χ3n) is 4.43. The van der Waals surface area contributed by atoms with Crippen molar-refractivity contribution in [3.63, 3.8) is 0 Å². The third kappa shape index (κ3) is 5.68. The highest BCUT2D eigenvalue weighted by molar-refractivity contribution is 5.99. The van der Waals surface area contributed by atoms with Crippen LogP contribution >= 0.6 is 0 Å². The first-order chi connectivity index (χ1) is 12.5. The zero-order valence-electron chi connectivity index (χ0n) is 17.1. The monoisotopic (exact) mass is 366 g/mol. The average molecular weight is 367 g/mol. The number of hydrogen-bond acceptors (Lipinski definition) is 2. The number of anilines is 1. The highest BCUT2D eigenvalue weighted by atomic mass is 16.2. The van der Waals surface area contributed by atoms with Crippen LogP contribution in [0.4, 0.5) is 5.69 Å². The van der Waals surface area contributed by atoms with Gasteiger partial charge in [0, 0.05) is 11.3 Å². The number of amides is 2. The Balaban J connectivity index is 1.97. The standard InChI is InChI=1S/C23H30N2O2/c1-22(2,3)17-13-11-16(12-14-17)21(27)24-15-20(26)25-19-10-8-7-9-18(19)23(4,5)6/h7-14H,15H2,1-6H3,(H,24,27)(H,25,26). The Morgan fingerprint density at radius 3 is 1.96 bits per heavy atom. The maximum atomic E-state index is 12.3. The Kier molecular flexibility index (Phi) is 6.09. The van der Waals surface area contributed by atoms with Crippen LogP contribution in [0.25, 0.3) is 0 Å². The van der Waals surface area contributed by atoms with Crippen molar-refractivity contribution in [2.45, 2.75) is 52.4 Å². The van der Waals surface area contributed by atoms with Crippen molar-refractivity contribution in [1.82, 2.24) is 5.32 Å². The second kappa shape index (κ2) is 7.95. The van der Waals surface area contributed by atoms with Crippen molar-refractivity contribution >= 4 is 17.5 Å². The van der Waals surface area contributed by atoms with Crippen molar-refractivity contribution in [3.05, 3.63) is 65.2 Å². The van der Waals surface area contributed by atoms with Crippen molar-refractivity contribution < 1.29 is 9.59 Å². The van der Waals surface area contributed by atoms with E-state index in [0.29, 0.717) is 5.56 Å². The largest absolute Gasteiger partial charge is 0.343 e. The number of hydrogen-bond donors (Lipinski definition) is 2. The molecule has 2 aromatic rings. The van der Waals surface area contributed by atoms with Crippen LogP contribution in [0.5, 0.6) is 0 Å². The van der Waals surface area contributed by atoms with Gasteiger partial charge in [-0.25, -0.2) is 0 Å². The highest BCUT2D eigenvalue weighted by Crippen LogP contribution is 2.29. The molecular weight excluding hydrogens is 336 g/mol. The van der Waals surface area contributed by atoms with Crippen molar-refractivity contribution in [2.24, 2.45) is 0 Å². The van der Waals surface area contributed by atoms with Gasteiger partial charge in [-0.1, -0.05) is 71.9 Å². The summed E-state index contributed by atoms with van der Waals surface area (Å²) in [5, 5.41) is 5.58. The fourth-order valence-corrected chi connectivity index (χ4v) is 2.82. The van der Waals surface area contributed by atoms with Gasteiger partial charge < -0.3 is 10.6 Å². The lowest BCUT2D eigenvalue weighted by Crippen LogP contribution is -2.33. The molecule has 0 radical (unpaired) electrons. The van der Waals surface area contributed by atoms with E-state index in [1.165, 1.54) is 0 Å². The molecule has 0 atom stereocenters. The van der Waals surface area contributed by atoms with Crippen LogP contribution in [0.15, 0.2) is 48.5 Å². The van der Waals surface area contributed by atoms with E-state index in [1.54, 1.807) is 12.1 Å². The molecule has 27 heavy (non-hydrogen) atoms. The van der Waals surface area contributed by atoms with E-state index >= 15 is 0 Å². The summed E-state index contributed by atoms with van der Waals surface area (Å²) in [4.78, 5) is 24.6. The van der Waals surface area contributed by atoms with Crippen LogP contribution in [0, 0.1) is 0 Å². The van der Waals surface area contributed by atoms with E-state index in [4.69, 9.17) is 0 Å². The maximum absolute atomic E-state index is 12.3. The minimum atomic E-state index is -0.255. The smallest absolute Gasteiger partial charge is 0.251 e. The molecule has 2 aromatic carbocycles. The number of rotatable bonds is 4. The molecule has 4 heteroatoms. The maximum Gasteiger partial charge on any atom is 0.251 e. The molecule has 0 bridgehead atoms. The molecular formula is C23H30N2O2. The summed E-state index contributed by atoms with van der Waals surface area (Å²) in [6.07, 6.45) is 0. The van der Waals surface area contributed by atoms with Gasteiger partial charge in [0.25, 0.3) is 5.91 Å². The minimum absolute atomic E-state index is 0.0370. The van der Waals surface area contributed by atoms with Gasteiger partial charge in [-0.05, 0) is 40.2 Å². The minimum Gasteiger partial charge on any atom is -0.343 e. The topological polar surface area (TPSA) is 58.2 Å². The van der Waals surface area contributed by atoms with Crippen LogP contribution in [-0.4, -0.2) is 18.4 Å². The molecule has 2 N–H and O–H groups in total. The molecule has 2 rings (SSSR count). The average Bonchev–Trinajstić information content (AvgIpc) is 2.58. The van der Waals surface area contributed by atoms with Gasteiger partial charge in [0.15, 0.2) is 0 Å². The summed E-state index contributed by atoms with van der Waals surface area (Å²) >= 11 is 0. The van der Waals surface area contributed by atoms with E-state index in [-0.39, 0.29) is 29.2 Å². The van der Waals surface area contributed by atoms with Gasteiger partial charge >= 0.3 is 0 Å². The van der Waals surface area contributed by atoms with Gasteiger partial charge in [-0.2, -0.15) is 0 Å². The fourth-order valence-electron chi connectivity index (χ4n) is 2.82. The lowest BCUT2D eigenvalue weighted by molar-refractivity contribution is -0.115. The summed E-state index contributed by atoms with van der Waals surface area (Å²) in [6.45, 7) is 12.6. The molecule has 0 spiro atoms. The molecule has 2 amide bonds. The van der Waals surface area contributed by atoms with E-state index in [0.717, 1.165) is 16.8 Å². The zero-order chi connectivity index (χ0) is 20.2. The molecule has 0 aliphatic carbocycles. The van der Waals surface area contributed by atoms with Crippen LogP contribution < -0.4 is 10.6 Å². The Morgan fingerprint density at radius 1 is 0.815 bits per heavy atom. The Bertz CT molecular complexity index is 810. The summed E-state index contributed by atoms with van der Waals surface area (Å²) in [7, 11) is 0. The molecule has 0 fully saturated rings. The molecule has 0 unspecified atom stereocenters. The summed E-state index contributed by atoms with van der Waals surface area (Å²) < 4.78 is 0. The van der Waals surface area contributed by atoms with E-state index < -0.39 is 0 Å². The number of para-hydroxylation sites is 1. The fraction of sp³-hybridized carbons (Fsp3) is 0.391. The molecule has 0 heterocycles. The first-order valence-electron chi connectivity index (χ1n) is 9.26. The van der Waals surface area contributed by atoms with Crippen molar-refractivity contribution in [1.29, 1.82) is 0 Å². The van der Waals surface area contributed by atoms with Gasteiger partial charge in [0.2, 0.25) is 5.91 Å². The summed E-state index contributed by atoms with van der Waals surface area (Å²) in [5.41, 5.74) is 3.50. The number of carbonyl (C=O) groups excluding carboxylic acids is 2. The molecule has 0 aliphatic rings. The predicted molar refractivity (Wildman–Crippen MR) is 111 cm³/mol. The molecule has 0 aliphatic heterocycles. The Hall–Kier alpha value is -2.62. The molecule has 144 valence electrons.